The van der Waals surface area contributed by atoms with Crippen LogP contribution in [0.4, 0.5) is 17.6 Å². The smallest absolute Gasteiger partial charge is 0.234 e. The number of halogens is 10. The molecular weight excluding hydrogens is 763 g/mol. The molecule has 4 heterocycles. The van der Waals surface area contributed by atoms with E-state index in [4.69, 9.17) is 51.7 Å². The van der Waals surface area contributed by atoms with Crippen molar-refractivity contribution in [3.8, 4) is 6.07 Å². The van der Waals surface area contributed by atoms with Gasteiger partial charge in [-0.3, -0.25) is 8.78 Å². The molecule has 0 spiro atoms. The van der Waals surface area contributed by atoms with Crippen LogP contribution in [-0.4, -0.2) is 67.0 Å². The Morgan fingerprint density at radius 1 is 0.542 bits per heavy atom. The minimum absolute atomic E-state index is 0.0486. The Bertz CT molecular complexity index is 1070. The molecule has 0 aliphatic carbocycles. The summed E-state index contributed by atoms with van der Waals surface area (Å²) in [6.45, 7) is 16.0. The normalized spacial score (nSPS) is 6.94. The van der Waals surface area contributed by atoms with Crippen LogP contribution in [0, 0.1) is 23.2 Å². The van der Waals surface area contributed by atoms with Gasteiger partial charge in [0.15, 0.2) is 5.15 Å². The van der Waals surface area contributed by atoms with Crippen molar-refractivity contribution in [3.05, 3.63) is 94.0 Å². The molecule has 0 atom stereocenters. The van der Waals surface area contributed by atoms with Crippen LogP contribution in [0.15, 0.2) is 56.2 Å². The first-order chi connectivity index (χ1) is 23.3. The highest BCUT2D eigenvalue weighted by atomic mass is 35.5. The molecule has 48 heavy (non-hydrogen) atoms. The molecule has 9 nitrogen and oxygen atoms in total. The third-order valence-electron chi connectivity index (χ3n) is 2.58. The maximum atomic E-state index is 12.0. The molecule has 0 saturated heterocycles. The molecular formula is C29H45Cl6F4N9. The minimum atomic E-state index is -0.679. The number of alkyl halides is 4. The summed E-state index contributed by atoms with van der Waals surface area (Å²) in [6.07, 6.45) is 13.2. The molecule has 0 bridgehead atoms. The summed E-state index contributed by atoms with van der Waals surface area (Å²) in [5.41, 5.74) is 0.305. The van der Waals surface area contributed by atoms with E-state index in [0.717, 1.165) is 12.7 Å². The second-order valence-electron chi connectivity index (χ2n) is 4.69. The van der Waals surface area contributed by atoms with Gasteiger partial charge in [-0.15, -0.1) is 23.2 Å². The van der Waals surface area contributed by atoms with Crippen molar-refractivity contribution in [1.29, 1.82) is 5.26 Å². The maximum Gasteiger partial charge on any atom is 0.234 e. The summed E-state index contributed by atoms with van der Waals surface area (Å²) in [7, 11) is 1.00. The molecule has 4 rings (SSSR count). The van der Waals surface area contributed by atoms with E-state index in [-0.39, 0.29) is 10.2 Å². The maximum absolute atomic E-state index is 12.0. The van der Waals surface area contributed by atoms with Crippen LogP contribution < -0.4 is 0 Å². The van der Waals surface area contributed by atoms with Crippen LogP contribution in [0.25, 0.3) is 0 Å². The zero-order valence-electron chi connectivity index (χ0n) is 29.0. The number of nitriles is 1. The Balaban J connectivity index is -0.0000000650. The zero-order chi connectivity index (χ0) is 39.8. The van der Waals surface area contributed by atoms with E-state index in [1.165, 1.54) is 56.3 Å². The molecule has 0 aliphatic heterocycles. The van der Waals surface area contributed by atoms with Gasteiger partial charge >= 0.3 is 0 Å². The fourth-order valence-corrected chi connectivity index (χ4v) is 1.70. The van der Waals surface area contributed by atoms with Gasteiger partial charge in [0, 0.05) is 31.2 Å². The van der Waals surface area contributed by atoms with Gasteiger partial charge in [0.2, 0.25) is 11.9 Å². The summed E-state index contributed by atoms with van der Waals surface area (Å²) in [4.78, 5) is 27.7. The highest BCUT2D eigenvalue weighted by Crippen LogP contribution is 2.14. The quantitative estimate of drug-likeness (QED) is 0.0969. The Morgan fingerprint density at radius 3 is 1.12 bits per heavy atom. The third kappa shape index (κ3) is 47.7. The summed E-state index contributed by atoms with van der Waals surface area (Å²) >= 11 is 30.8. The van der Waals surface area contributed by atoms with Crippen LogP contribution in [0.3, 0.4) is 0 Å². The molecule has 0 unspecified atom stereocenters. The van der Waals surface area contributed by atoms with Gasteiger partial charge in [-0.2, -0.15) is 14.0 Å². The van der Waals surface area contributed by atoms with Gasteiger partial charge in [0.1, 0.15) is 47.1 Å². The van der Waals surface area contributed by atoms with Crippen LogP contribution in [0.5, 0.6) is 0 Å². The summed E-state index contributed by atoms with van der Waals surface area (Å²) in [5.74, 6) is -1.17. The second kappa shape index (κ2) is 63.0. The lowest BCUT2D eigenvalue weighted by Gasteiger charge is -1.86. The number of hydrogen-bond donors (Lipinski definition) is 0. The van der Waals surface area contributed by atoms with Crippen molar-refractivity contribution >= 4 is 69.6 Å². The minimum Gasteiger partial charge on any atom is -0.255 e. The van der Waals surface area contributed by atoms with E-state index in [2.05, 4.69) is 63.1 Å². The number of rotatable bonds is 0. The Morgan fingerprint density at radius 2 is 0.917 bits per heavy atom. The number of nitrogens with zero attached hydrogens (tertiary/aromatic N) is 9. The van der Waals surface area contributed by atoms with Gasteiger partial charge in [0.25, 0.3) is 0 Å². The van der Waals surface area contributed by atoms with Crippen LogP contribution in [0.1, 0.15) is 61.0 Å². The molecule has 0 aliphatic rings. The Kier molecular flexibility index (Phi) is 83.8. The molecule has 4 aromatic rings. The van der Waals surface area contributed by atoms with Crippen molar-refractivity contribution in [2.75, 3.05) is 27.1 Å². The average molecular weight is 808 g/mol. The molecule has 19 heteroatoms. The SMILES string of the molecule is CC.CC.CC.CC.CCl.CCl.CF.CF.Clc1cncnc1Cl.Fc1ccncn1.Fc1ncncc1Cl.N#Cc1cncnc1Cl. The molecule has 4 aromatic heterocycles. The highest BCUT2D eigenvalue weighted by molar-refractivity contribution is 6.41. The van der Waals surface area contributed by atoms with Crippen molar-refractivity contribution in [1.82, 2.24) is 39.9 Å². The van der Waals surface area contributed by atoms with E-state index < -0.39 is 11.9 Å². The first-order valence-corrected chi connectivity index (χ1v) is 16.4. The lowest BCUT2D eigenvalue weighted by atomic mass is 10.4. The van der Waals surface area contributed by atoms with E-state index in [9.17, 15) is 17.6 Å². The number of aromatic nitrogens is 8. The Hall–Kier alpha value is -2.73. The van der Waals surface area contributed by atoms with Crippen molar-refractivity contribution in [2.45, 2.75) is 55.4 Å². The lowest BCUT2D eigenvalue weighted by molar-refractivity contribution is 0.579. The van der Waals surface area contributed by atoms with Crippen LogP contribution in [0.2, 0.25) is 20.4 Å². The monoisotopic (exact) mass is 805 g/mol. The van der Waals surface area contributed by atoms with Crippen molar-refractivity contribution in [2.24, 2.45) is 0 Å². The summed E-state index contributed by atoms with van der Waals surface area (Å²) < 4.78 is 42.8. The third-order valence-corrected chi connectivity index (χ3v) is 3.80. The van der Waals surface area contributed by atoms with Crippen LogP contribution >= 0.6 is 69.6 Å². The number of hydrogen-bond acceptors (Lipinski definition) is 9. The van der Waals surface area contributed by atoms with E-state index in [1.54, 1.807) is 0 Å². The van der Waals surface area contributed by atoms with Crippen LogP contribution in [-0.2, 0) is 0 Å². The molecule has 0 amide bonds. The zero-order valence-corrected chi connectivity index (χ0v) is 33.5. The first kappa shape index (κ1) is 63.9. The first-order valence-electron chi connectivity index (χ1n) is 13.4. The fourth-order valence-electron chi connectivity index (χ4n) is 1.26. The molecule has 0 radical (unpaired) electrons. The molecule has 0 saturated carbocycles. The van der Waals surface area contributed by atoms with Crippen molar-refractivity contribution < 1.29 is 17.6 Å². The topological polar surface area (TPSA) is 127 Å². The predicted octanol–water partition coefficient (Wildman–Crippen LogP) is 11.7. The van der Waals surface area contributed by atoms with Gasteiger partial charge in [0.05, 0.1) is 31.8 Å². The Labute approximate surface area is 313 Å². The standard InChI is InChI=1S/C5H2ClN3.C4H2Cl2N2.C4H2ClFN2.C4H3FN2.4C2H6.2CH3Cl.2CH3F/c6-5-4(1-7)2-8-3-9-5;2*5-3-1-7-2-8-4(3)6;5-4-1-2-6-3-7-4;8*1-2/h2-3H;2*1-2H;1-3H;4*1-2H3;4*1H3. The van der Waals surface area contributed by atoms with E-state index in [1.807, 2.05) is 61.5 Å². The van der Waals surface area contributed by atoms with Crippen molar-refractivity contribution in [3.63, 3.8) is 0 Å². The van der Waals surface area contributed by atoms with Gasteiger partial charge in [-0.1, -0.05) is 102 Å². The van der Waals surface area contributed by atoms with Gasteiger partial charge < -0.3 is 0 Å². The van der Waals surface area contributed by atoms with E-state index >= 15 is 0 Å². The average Bonchev–Trinajstić information content (AvgIpc) is 3.19. The second-order valence-corrected chi connectivity index (χ2v) is 6.22. The largest absolute Gasteiger partial charge is 0.255 e. The lowest BCUT2D eigenvalue weighted by Crippen LogP contribution is -1.82. The van der Waals surface area contributed by atoms with Gasteiger partial charge in [-0.05, 0) is 0 Å². The fraction of sp³-hybridized carbons (Fsp3) is 0.414. The molecule has 0 aromatic carbocycles. The summed E-state index contributed by atoms with van der Waals surface area (Å²) in [5, 5.41) is 9.13. The predicted molar refractivity (Wildman–Crippen MR) is 196 cm³/mol. The highest BCUT2D eigenvalue weighted by Gasteiger charge is 1.96. The molecule has 0 fully saturated rings. The molecule has 0 N–H and O–H groups in total. The van der Waals surface area contributed by atoms with E-state index in [0.29, 0.717) is 30.1 Å². The van der Waals surface area contributed by atoms with Gasteiger partial charge in [-0.25, -0.2) is 39.9 Å². The molecule has 276 valence electrons. The summed E-state index contributed by atoms with van der Waals surface area (Å²) in [6, 6.07) is 3.03.